The fourth-order valence-electron chi connectivity index (χ4n) is 3.47. The Hall–Kier alpha value is -3.68. The molecule has 2 N–H and O–H groups in total. The lowest BCUT2D eigenvalue weighted by Gasteiger charge is -2.06. The zero-order valence-electron chi connectivity index (χ0n) is 15.1. The summed E-state index contributed by atoms with van der Waals surface area (Å²) in [5, 5.41) is 7.20. The Bertz CT molecular complexity index is 1340. The maximum Gasteiger partial charge on any atom is 0.223 e. The monoisotopic (exact) mass is 376 g/mol. The molecule has 0 aliphatic heterocycles. The second kappa shape index (κ2) is 6.19. The molecular weight excluding hydrogens is 359 g/mol. The van der Waals surface area contributed by atoms with Crippen LogP contribution in [-0.4, -0.2) is 31.3 Å². The highest BCUT2D eigenvalue weighted by atomic mass is 19.1. The standard InChI is InChI=1S/C20H17FN6O/c1-28-16-4-2-3-15-18(16)24-20(22)27-19(15)23-17(25-27)7-8-26-10-12-5-6-14(21)9-13(12)11-26/h2-6,9-11H,7-8H2,1H3,(H2,22,24). The zero-order valence-corrected chi connectivity index (χ0v) is 15.1. The van der Waals surface area contributed by atoms with Crippen LogP contribution in [-0.2, 0) is 13.0 Å². The molecule has 0 aliphatic rings. The average Bonchev–Trinajstić information content (AvgIpc) is 3.30. The van der Waals surface area contributed by atoms with Gasteiger partial charge in [0.2, 0.25) is 5.95 Å². The number of ether oxygens (including phenoxy) is 1. The molecule has 3 aromatic heterocycles. The highest BCUT2D eigenvalue weighted by Gasteiger charge is 2.14. The number of halogens is 1. The number of fused-ring (bicyclic) bond motifs is 4. The number of aryl methyl sites for hydroxylation is 2. The largest absolute Gasteiger partial charge is 0.494 e. The summed E-state index contributed by atoms with van der Waals surface area (Å²) in [7, 11) is 1.60. The number of nitrogen functional groups attached to an aromatic ring is 1. The Morgan fingerprint density at radius 2 is 1.96 bits per heavy atom. The van der Waals surface area contributed by atoms with E-state index in [1.165, 1.54) is 12.1 Å². The van der Waals surface area contributed by atoms with Crippen LogP contribution < -0.4 is 10.5 Å². The van der Waals surface area contributed by atoms with Crippen LogP contribution in [0, 0.1) is 5.82 Å². The van der Waals surface area contributed by atoms with Crippen molar-refractivity contribution in [3.8, 4) is 5.75 Å². The van der Waals surface area contributed by atoms with E-state index >= 15 is 0 Å². The Morgan fingerprint density at radius 3 is 2.82 bits per heavy atom. The number of benzene rings is 2. The lowest BCUT2D eigenvalue weighted by molar-refractivity contribution is 0.419. The van der Waals surface area contributed by atoms with Gasteiger partial charge in [-0.2, -0.15) is 4.52 Å². The Kier molecular flexibility index (Phi) is 3.65. The van der Waals surface area contributed by atoms with E-state index in [-0.39, 0.29) is 11.8 Å². The van der Waals surface area contributed by atoms with Gasteiger partial charge in [-0.15, -0.1) is 5.10 Å². The fourth-order valence-corrected chi connectivity index (χ4v) is 3.47. The van der Waals surface area contributed by atoms with Crippen LogP contribution in [0.4, 0.5) is 10.3 Å². The number of anilines is 1. The normalized spacial score (nSPS) is 11.6. The smallest absolute Gasteiger partial charge is 0.223 e. The van der Waals surface area contributed by atoms with Crippen LogP contribution in [0.1, 0.15) is 5.82 Å². The summed E-state index contributed by atoms with van der Waals surface area (Å²) in [4.78, 5) is 9.08. The van der Waals surface area contributed by atoms with Crippen molar-refractivity contribution in [1.82, 2.24) is 24.1 Å². The topological polar surface area (TPSA) is 83.3 Å². The molecule has 5 rings (SSSR count). The van der Waals surface area contributed by atoms with E-state index in [2.05, 4.69) is 15.1 Å². The van der Waals surface area contributed by atoms with Gasteiger partial charge in [0, 0.05) is 36.1 Å². The van der Waals surface area contributed by atoms with Crippen molar-refractivity contribution in [3.05, 3.63) is 60.4 Å². The minimum atomic E-state index is -0.238. The minimum absolute atomic E-state index is 0.238. The van der Waals surface area contributed by atoms with E-state index in [0.29, 0.717) is 35.7 Å². The predicted octanol–water partition coefficient (Wildman–Crippen LogP) is 3.20. The van der Waals surface area contributed by atoms with Crippen LogP contribution in [0.15, 0.2) is 48.8 Å². The molecule has 0 fully saturated rings. The molecule has 7 nitrogen and oxygen atoms in total. The van der Waals surface area contributed by atoms with Gasteiger partial charge in [-0.3, -0.25) is 0 Å². The van der Waals surface area contributed by atoms with Gasteiger partial charge in [0.25, 0.3) is 0 Å². The molecule has 0 aliphatic carbocycles. The van der Waals surface area contributed by atoms with Gasteiger partial charge in [0.15, 0.2) is 11.5 Å². The van der Waals surface area contributed by atoms with Crippen molar-refractivity contribution in [2.45, 2.75) is 13.0 Å². The Labute approximate surface area is 159 Å². The molecule has 0 bridgehead atoms. The van der Waals surface area contributed by atoms with Gasteiger partial charge < -0.3 is 15.0 Å². The van der Waals surface area contributed by atoms with Crippen LogP contribution in [0.25, 0.3) is 27.3 Å². The van der Waals surface area contributed by atoms with Gasteiger partial charge in [-0.25, -0.2) is 14.4 Å². The van der Waals surface area contributed by atoms with Crippen LogP contribution in [0.2, 0.25) is 0 Å². The summed E-state index contributed by atoms with van der Waals surface area (Å²) >= 11 is 0. The van der Waals surface area contributed by atoms with Gasteiger partial charge in [-0.1, -0.05) is 6.07 Å². The van der Waals surface area contributed by atoms with Crippen molar-refractivity contribution in [3.63, 3.8) is 0 Å². The van der Waals surface area contributed by atoms with E-state index in [1.807, 2.05) is 35.2 Å². The third kappa shape index (κ3) is 2.61. The summed E-state index contributed by atoms with van der Waals surface area (Å²) in [6.07, 6.45) is 4.52. The van der Waals surface area contributed by atoms with Crippen molar-refractivity contribution >= 4 is 33.3 Å². The number of hydrogen-bond acceptors (Lipinski definition) is 5. The van der Waals surface area contributed by atoms with Crippen molar-refractivity contribution < 1.29 is 9.13 Å². The Balaban J connectivity index is 1.50. The maximum atomic E-state index is 13.4. The lowest BCUT2D eigenvalue weighted by Crippen LogP contribution is -2.04. The van der Waals surface area contributed by atoms with Crippen LogP contribution >= 0.6 is 0 Å². The molecule has 2 aromatic carbocycles. The zero-order chi connectivity index (χ0) is 19.3. The second-order valence-corrected chi connectivity index (χ2v) is 6.61. The first-order valence-corrected chi connectivity index (χ1v) is 8.85. The number of para-hydroxylation sites is 1. The van der Waals surface area contributed by atoms with Gasteiger partial charge in [0.1, 0.15) is 17.1 Å². The third-order valence-electron chi connectivity index (χ3n) is 4.81. The molecule has 0 unspecified atom stereocenters. The van der Waals surface area contributed by atoms with E-state index in [1.54, 1.807) is 17.7 Å². The fraction of sp³-hybridized carbons (Fsp3) is 0.150. The Morgan fingerprint density at radius 1 is 1.11 bits per heavy atom. The maximum absolute atomic E-state index is 13.4. The number of hydrogen-bond donors (Lipinski definition) is 1. The molecule has 5 aromatic rings. The number of methoxy groups -OCH3 is 1. The van der Waals surface area contributed by atoms with Crippen molar-refractivity contribution in [2.75, 3.05) is 12.8 Å². The lowest BCUT2D eigenvalue weighted by atomic mass is 10.2. The highest BCUT2D eigenvalue weighted by Crippen LogP contribution is 2.27. The number of aromatic nitrogens is 5. The molecule has 3 heterocycles. The molecule has 0 saturated heterocycles. The first-order valence-electron chi connectivity index (χ1n) is 8.85. The first kappa shape index (κ1) is 16.5. The van der Waals surface area contributed by atoms with E-state index in [4.69, 9.17) is 10.5 Å². The summed E-state index contributed by atoms with van der Waals surface area (Å²) in [6, 6.07) is 10.4. The average molecular weight is 376 g/mol. The summed E-state index contributed by atoms with van der Waals surface area (Å²) in [5.74, 6) is 1.32. The minimum Gasteiger partial charge on any atom is -0.494 e. The van der Waals surface area contributed by atoms with E-state index in [0.717, 1.165) is 16.2 Å². The SMILES string of the molecule is COc1cccc2c1nc(N)n1nc(CCn3cc4ccc(F)cc4c3)nc21. The van der Waals surface area contributed by atoms with Gasteiger partial charge in [-0.05, 0) is 35.7 Å². The molecular formula is C20H17FN6O. The van der Waals surface area contributed by atoms with E-state index < -0.39 is 0 Å². The van der Waals surface area contributed by atoms with Crippen molar-refractivity contribution in [1.29, 1.82) is 0 Å². The molecule has 28 heavy (non-hydrogen) atoms. The van der Waals surface area contributed by atoms with Crippen LogP contribution in [0.5, 0.6) is 5.75 Å². The van der Waals surface area contributed by atoms with Crippen LogP contribution in [0.3, 0.4) is 0 Å². The summed E-state index contributed by atoms with van der Waals surface area (Å²) in [6.45, 7) is 0.668. The molecule has 0 saturated carbocycles. The number of nitrogens with two attached hydrogens (primary N) is 1. The quantitative estimate of drug-likeness (QED) is 0.521. The van der Waals surface area contributed by atoms with Gasteiger partial charge >= 0.3 is 0 Å². The molecule has 8 heteroatoms. The molecule has 0 amide bonds. The first-order chi connectivity index (χ1) is 13.6. The molecule has 0 spiro atoms. The van der Waals surface area contributed by atoms with Gasteiger partial charge in [0.05, 0.1) is 7.11 Å². The summed E-state index contributed by atoms with van der Waals surface area (Å²) < 4.78 is 22.3. The highest BCUT2D eigenvalue weighted by molar-refractivity contribution is 5.95. The van der Waals surface area contributed by atoms with Crippen molar-refractivity contribution in [2.24, 2.45) is 0 Å². The predicted molar refractivity (Wildman–Crippen MR) is 105 cm³/mol. The number of nitrogens with zero attached hydrogens (tertiary/aromatic N) is 5. The molecule has 0 radical (unpaired) electrons. The summed E-state index contributed by atoms with van der Waals surface area (Å²) in [5.41, 5.74) is 7.39. The molecule has 140 valence electrons. The second-order valence-electron chi connectivity index (χ2n) is 6.61. The third-order valence-corrected chi connectivity index (χ3v) is 4.81. The molecule has 0 atom stereocenters. The number of rotatable bonds is 4. The van der Waals surface area contributed by atoms with E-state index in [9.17, 15) is 4.39 Å².